The van der Waals surface area contributed by atoms with Crippen molar-refractivity contribution in [2.24, 2.45) is 0 Å². The number of benzene rings is 1. The van der Waals surface area contributed by atoms with Crippen LogP contribution in [0.4, 0.5) is 11.4 Å². The molecule has 0 spiro atoms. The van der Waals surface area contributed by atoms with Crippen LogP contribution in [0.2, 0.25) is 0 Å². The average Bonchev–Trinajstić information content (AvgIpc) is 3.13. The number of carbonyl (C=O) groups is 1. The molecule has 1 aromatic carbocycles. The lowest BCUT2D eigenvalue weighted by molar-refractivity contribution is 0.102. The van der Waals surface area contributed by atoms with E-state index in [1.165, 1.54) is 18.5 Å². The first-order valence-electron chi connectivity index (χ1n) is 10.2. The number of piperidine rings is 1. The fourth-order valence-electron chi connectivity index (χ4n) is 4.17. The standard InChI is InChI=1S/C23H29N5O/c1-16-15-17(2)28-14-11-21(22(28)24-16)23(29)25-18-5-7-20(8-6-18)27-12-9-19(10-13-27)26(3)4/h5-8,11,14-15,19H,9-10,12-13H2,1-4H3,(H,25,29). The minimum atomic E-state index is -0.135. The molecule has 1 saturated heterocycles. The van der Waals surface area contributed by atoms with Crippen LogP contribution in [0.25, 0.3) is 5.65 Å². The SMILES string of the molecule is Cc1cc(C)n2ccc(C(=O)Nc3ccc(N4CCC(N(C)C)CC4)cc3)c2n1. The predicted molar refractivity (Wildman–Crippen MR) is 118 cm³/mol. The summed E-state index contributed by atoms with van der Waals surface area (Å²) in [5.74, 6) is -0.135. The van der Waals surface area contributed by atoms with Gasteiger partial charge in [0.25, 0.3) is 5.91 Å². The summed E-state index contributed by atoms with van der Waals surface area (Å²) in [6.07, 6.45) is 4.25. The molecule has 1 N–H and O–H groups in total. The summed E-state index contributed by atoms with van der Waals surface area (Å²) in [5.41, 5.74) is 5.26. The molecule has 1 fully saturated rings. The number of nitrogens with zero attached hydrogens (tertiary/aromatic N) is 4. The number of amides is 1. The van der Waals surface area contributed by atoms with Crippen molar-refractivity contribution in [2.75, 3.05) is 37.4 Å². The lowest BCUT2D eigenvalue weighted by Gasteiger charge is -2.36. The Hall–Kier alpha value is -2.86. The number of anilines is 2. The Morgan fingerprint density at radius 1 is 1.10 bits per heavy atom. The highest BCUT2D eigenvalue weighted by atomic mass is 16.1. The molecular weight excluding hydrogens is 362 g/mol. The fourth-order valence-corrected chi connectivity index (χ4v) is 4.17. The van der Waals surface area contributed by atoms with Crippen LogP contribution in [0, 0.1) is 13.8 Å². The number of aryl methyl sites for hydroxylation is 2. The molecule has 1 amide bonds. The molecule has 6 heteroatoms. The molecule has 29 heavy (non-hydrogen) atoms. The largest absolute Gasteiger partial charge is 0.371 e. The van der Waals surface area contributed by atoms with Crippen LogP contribution in [0.5, 0.6) is 0 Å². The fraction of sp³-hybridized carbons (Fsp3) is 0.391. The zero-order valence-corrected chi connectivity index (χ0v) is 17.6. The van der Waals surface area contributed by atoms with E-state index < -0.39 is 0 Å². The Bertz CT molecular complexity index is 1010. The van der Waals surface area contributed by atoms with E-state index in [2.05, 4.69) is 46.3 Å². The highest BCUT2D eigenvalue weighted by molar-refractivity contribution is 6.08. The summed E-state index contributed by atoms with van der Waals surface area (Å²) >= 11 is 0. The Morgan fingerprint density at radius 2 is 1.79 bits per heavy atom. The first kappa shape index (κ1) is 19.5. The van der Waals surface area contributed by atoms with E-state index in [9.17, 15) is 4.79 Å². The van der Waals surface area contributed by atoms with Crippen molar-refractivity contribution in [1.82, 2.24) is 14.3 Å². The third-order valence-corrected chi connectivity index (χ3v) is 5.87. The molecule has 2 aromatic heterocycles. The molecule has 0 aliphatic carbocycles. The van der Waals surface area contributed by atoms with E-state index in [0.717, 1.165) is 30.2 Å². The molecule has 4 rings (SSSR count). The van der Waals surface area contributed by atoms with Gasteiger partial charge in [-0.15, -0.1) is 0 Å². The van der Waals surface area contributed by atoms with Crippen LogP contribution in [0.3, 0.4) is 0 Å². The van der Waals surface area contributed by atoms with E-state index >= 15 is 0 Å². The molecule has 3 aromatic rings. The molecule has 0 radical (unpaired) electrons. The summed E-state index contributed by atoms with van der Waals surface area (Å²) < 4.78 is 1.95. The van der Waals surface area contributed by atoms with E-state index in [-0.39, 0.29) is 5.91 Å². The molecule has 6 nitrogen and oxygen atoms in total. The number of fused-ring (bicyclic) bond motifs is 1. The second kappa shape index (κ2) is 7.87. The summed E-state index contributed by atoms with van der Waals surface area (Å²) in [5, 5.41) is 3.01. The maximum Gasteiger partial charge on any atom is 0.259 e. The molecule has 1 aliphatic heterocycles. The molecule has 0 saturated carbocycles. The van der Waals surface area contributed by atoms with Crippen molar-refractivity contribution in [3.63, 3.8) is 0 Å². The van der Waals surface area contributed by atoms with Gasteiger partial charge in [-0.05, 0) is 77.2 Å². The van der Waals surface area contributed by atoms with E-state index in [1.807, 2.05) is 48.7 Å². The van der Waals surface area contributed by atoms with Gasteiger partial charge < -0.3 is 19.5 Å². The van der Waals surface area contributed by atoms with Gasteiger partial charge in [-0.1, -0.05) is 0 Å². The Kier molecular flexibility index (Phi) is 5.28. The van der Waals surface area contributed by atoms with Gasteiger partial charge in [-0.3, -0.25) is 4.79 Å². The number of aromatic nitrogens is 2. The van der Waals surface area contributed by atoms with Crippen LogP contribution in [0.15, 0.2) is 42.6 Å². The van der Waals surface area contributed by atoms with Gasteiger partial charge >= 0.3 is 0 Å². The Labute approximate surface area is 172 Å². The first-order chi connectivity index (χ1) is 13.9. The summed E-state index contributed by atoms with van der Waals surface area (Å²) in [7, 11) is 4.31. The smallest absolute Gasteiger partial charge is 0.259 e. The zero-order valence-electron chi connectivity index (χ0n) is 17.6. The van der Waals surface area contributed by atoms with Crippen LogP contribution in [-0.4, -0.2) is 53.4 Å². The van der Waals surface area contributed by atoms with Gasteiger partial charge in [0.05, 0.1) is 5.56 Å². The van der Waals surface area contributed by atoms with Crippen LogP contribution in [-0.2, 0) is 0 Å². The van der Waals surface area contributed by atoms with Gasteiger partial charge in [-0.2, -0.15) is 0 Å². The van der Waals surface area contributed by atoms with Crippen molar-refractivity contribution in [3.8, 4) is 0 Å². The van der Waals surface area contributed by atoms with Crippen LogP contribution < -0.4 is 10.2 Å². The third-order valence-electron chi connectivity index (χ3n) is 5.87. The highest BCUT2D eigenvalue weighted by Crippen LogP contribution is 2.24. The lowest BCUT2D eigenvalue weighted by atomic mass is 10.0. The van der Waals surface area contributed by atoms with E-state index in [4.69, 9.17) is 0 Å². The van der Waals surface area contributed by atoms with E-state index in [0.29, 0.717) is 17.3 Å². The molecule has 3 heterocycles. The molecule has 0 atom stereocenters. The second-order valence-electron chi connectivity index (χ2n) is 8.14. The lowest BCUT2D eigenvalue weighted by Crippen LogP contribution is -2.41. The van der Waals surface area contributed by atoms with Gasteiger partial charge in [0, 0.05) is 48.1 Å². The third kappa shape index (κ3) is 3.98. The number of rotatable bonds is 4. The maximum atomic E-state index is 12.8. The van der Waals surface area contributed by atoms with Crippen molar-refractivity contribution in [2.45, 2.75) is 32.7 Å². The molecule has 0 unspecified atom stereocenters. The summed E-state index contributed by atoms with van der Waals surface area (Å²) in [6.45, 7) is 6.09. The Morgan fingerprint density at radius 3 is 2.45 bits per heavy atom. The van der Waals surface area contributed by atoms with Gasteiger partial charge in [0.2, 0.25) is 0 Å². The topological polar surface area (TPSA) is 52.9 Å². The van der Waals surface area contributed by atoms with Gasteiger partial charge in [-0.25, -0.2) is 4.98 Å². The molecular formula is C23H29N5O. The monoisotopic (exact) mass is 391 g/mol. The average molecular weight is 392 g/mol. The highest BCUT2D eigenvalue weighted by Gasteiger charge is 2.21. The minimum Gasteiger partial charge on any atom is -0.371 e. The minimum absolute atomic E-state index is 0.135. The number of nitrogens with one attached hydrogen (secondary N) is 1. The maximum absolute atomic E-state index is 12.8. The molecule has 0 bridgehead atoms. The molecule has 1 aliphatic rings. The summed E-state index contributed by atoms with van der Waals surface area (Å²) in [6, 6.07) is 12.7. The first-order valence-corrected chi connectivity index (χ1v) is 10.2. The summed E-state index contributed by atoms with van der Waals surface area (Å²) in [4.78, 5) is 22.1. The van der Waals surface area contributed by atoms with Gasteiger partial charge in [0.1, 0.15) is 5.65 Å². The van der Waals surface area contributed by atoms with Crippen LogP contribution >= 0.6 is 0 Å². The number of carbonyl (C=O) groups excluding carboxylic acids is 1. The normalized spacial score (nSPS) is 15.3. The van der Waals surface area contributed by atoms with Crippen molar-refractivity contribution >= 4 is 22.9 Å². The van der Waals surface area contributed by atoms with E-state index in [1.54, 1.807) is 0 Å². The number of hydrogen-bond donors (Lipinski definition) is 1. The van der Waals surface area contributed by atoms with Gasteiger partial charge in [0.15, 0.2) is 0 Å². The second-order valence-corrected chi connectivity index (χ2v) is 8.14. The molecule has 152 valence electrons. The predicted octanol–water partition coefficient (Wildman–Crippen LogP) is 3.73. The number of hydrogen-bond acceptors (Lipinski definition) is 4. The zero-order chi connectivity index (χ0) is 20.5. The quantitative estimate of drug-likeness (QED) is 0.736. The van der Waals surface area contributed by atoms with Crippen molar-refractivity contribution in [1.29, 1.82) is 0 Å². The Balaban J connectivity index is 1.45. The van der Waals surface area contributed by atoms with Crippen molar-refractivity contribution < 1.29 is 4.79 Å². The van der Waals surface area contributed by atoms with Crippen molar-refractivity contribution in [3.05, 3.63) is 59.5 Å². The van der Waals surface area contributed by atoms with Crippen LogP contribution in [0.1, 0.15) is 34.6 Å².